The summed E-state index contributed by atoms with van der Waals surface area (Å²) in [5.41, 5.74) is 2.25. The molecule has 2 aromatic rings. The molecular weight excluding hydrogens is 218 g/mol. The molecule has 0 saturated heterocycles. The van der Waals surface area contributed by atoms with Crippen molar-refractivity contribution in [3.8, 4) is 11.5 Å². The molecule has 0 radical (unpaired) electrons. The van der Waals surface area contributed by atoms with E-state index in [1.54, 1.807) is 32.5 Å². The van der Waals surface area contributed by atoms with Gasteiger partial charge in [-0.15, -0.1) is 0 Å². The summed E-state index contributed by atoms with van der Waals surface area (Å²) in [6.07, 6.45) is 2.32. The highest BCUT2D eigenvalue weighted by Gasteiger charge is 2.12. The van der Waals surface area contributed by atoms with E-state index in [4.69, 9.17) is 9.47 Å². The Hall–Kier alpha value is -2.10. The third-order valence-corrected chi connectivity index (χ3v) is 2.74. The van der Waals surface area contributed by atoms with Crippen LogP contribution in [0.4, 0.5) is 0 Å². The van der Waals surface area contributed by atoms with E-state index in [9.17, 15) is 4.79 Å². The monoisotopic (exact) mass is 231 g/mol. The second kappa shape index (κ2) is 4.41. The standard InChI is InChI=1S/C13H13NO3/c1-8-10-4-9(7-15)6-14-11(10)5-12(16-2)13(8)17-3/h4-7H,1-3H3. The number of aryl methyl sites for hydroxylation is 1. The Labute approximate surface area is 99.2 Å². The minimum Gasteiger partial charge on any atom is -0.493 e. The molecule has 2 rings (SSSR count). The third-order valence-electron chi connectivity index (χ3n) is 2.74. The van der Waals surface area contributed by atoms with Crippen molar-refractivity contribution in [1.29, 1.82) is 0 Å². The molecule has 0 amide bonds. The van der Waals surface area contributed by atoms with Crippen molar-refractivity contribution >= 4 is 17.2 Å². The highest BCUT2D eigenvalue weighted by molar-refractivity contribution is 5.90. The fourth-order valence-electron chi connectivity index (χ4n) is 1.87. The van der Waals surface area contributed by atoms with Gasteiger partial charge in [-0.05, 0) is 13.0 Å². The van der Waals surface area contributed by atoms with Gasteiger partial charge in [-0.2, -0.15) is 0 Å². The summed E-state index contributed by atoms with van der Waals surface area (Å²) in [5, 5.41) is 0.896. The lowest BCUT2D eigenvalue weighted by molar-refractivity contribution is 0.112. The summed E-state index contributed by atoms with van der Waals surface area (Å²) < 4.78 is 10.6. The van der Waals surface area contributed by atoms with Crippen LogP contribution >= 0.6 is 0 Å². The molecule has 0 spiro atoms. The van der Waals surface area contributed by atoms with Crippen LogP contribution in [0.5, 0.6) is 11.5 Å². The second-order valence-corrected chi connectivity index (χ2v) is 3.69. The molecule has 0 N–H and O–H groups in total. The zero-order chi connectivity index (χ0) is 12.4. The van der Waals surface area contributed by atoms with Crippen molar-refractivity contribution in [1.82, 2.24) is 4.98 Å². The predicted molar refractivity (Wildman–Crippen MR) is 65.0 cm³/mol. The van der Waals surface area contributed by atoms with Gasteiger partial charge in [-0.3, -0.25) is 9.78 Å². The van der Waals surface area contributed by atoms with Gasteiger partial charge in [-0.25, -0.2) is 0 Å². The van der Waals surface area contributed by atoms with E-state index >= 15 is 0 Å². The molecule has 0 fully saturated rings. The molecule has 4 heteroatoms. The van der Waals surface area contributed by atoms with Gasteiger partial charge < -0.3 is 9.47 Å². The quantitative estimate of drug-likeness (QED) is 0.761. The first-order chi connectivity index (χ1) is 8.21. The number of pyridine rings is 1. The van der Waals surface area contributed by atoms with Gasteiger partial charge in [0.25, 0.3) is 0 Å². The molecule has 0 aliphatic rings. The van der Waals surface area contributed by atoms with Crippen molar-refractivity contribution in [3.63, 3.8) is 0 Å². The molecule has 0 atom stereocenters. The van der Waals surface area contributed by atoms with Gasteiger partial charge in [0.15, 0.2) is 17.8 Å². The SMILES string of the molecule is COc1cc2ncc(C=O)cc2c(C)c1OC. The molecule has 1 heterocycles. The molecule has 4 nitrogen and oxygen atoms in total. The minimum atomic E-state index is 0.549. The molecule has 0 bridgehead atoms. The number of hydrogen-bond donors (Lipinski definition) is 0. The number of ether oxygens (including phenoxy) is 2. The maximum Gasteiger partial charge on any atom is 0.164 e. The van der Waals surface area contributed by atoms with Crippen LogP contribution in [0, 0.1) is 6.92 Å². The van der Waals surface area contributed by atoms with Crippen LogP contribution in [-0.4, -0.2) is 25.5 Å². The Morgan fingerprint density at radius 1 is 1.24 bits per heavy atom. The molecule has 0 saturated carbocycles. The number of aldehydes is 1. The number of nitrogens with zero attached hydrogens (tertiary/aromatic N) is 1. The number of methoxy groups -OCH3 is 2. The Balaban J connectivity index is 2.80. The number of carbonyl (C=O) groups is 1. The Kier molecular flexibility index (Phi) is 2.95. The summed E-state index contributed by atoms with van der Waals surface area (Å²) in [4.78, 5) is 15.0. The Morgan fingerprint density at radius 3 is 2.59 bits per heavy atom. The summed E-state index contributed by atoms with van der Waals surface area (Å²) in [5.74, 6) is 1.31. The van der Waals surface area contributed by atoms with Crippen LogP contribution in [0.15, 0.2) is 18.3 Å². The van der Waals surface area contributed by atoms with Gasteiger partial charge in [-0.1, -0.05) is 0 Å². The highest BCUT2D eigenvalue weighted by Crippen LogP contribution is 2.36. The molecule has 0 aliphatic heterocycles. The normalized spacial score (nSPS) is 10.3. The van der Waals surface area contributed by atoms with Gasteiger partial charge in [0.05, 0.1) is 19.7 Å². The summed E-state index contributed by atoms with van der Waals surface area (Å²) in [6.45, 7) is 1.92. The number of carbonyl (C=O) groups excluding carboxylic acids is 1. The smallest absolute Gasteiger partial charge is 0.164 e. The maximum atomic E-state index is 10.7. The van der Waals surface area contributed by atoms with Crippen LogP contribution < -0.4 is 9.47 Å². The number of aromatic nitrogens is 1. The largest absolute Gasteiger partial charge is 0.493 e. The molecule has 1 aromatic carbocycles. The first-order valence-electron chi connectivity index (χ1n) is 5.17. The number of rotatable bonds is 3. The second-order valence-electron chi connectivity index (χ2n) is 3.69. The number of fused-ring (bicyclic) bond motifs is 1. The van der Waals surface area contributed by atoms with E-state index in [1.807, 2.05) is 6.92 Å². The van der Waals surface area contributed by atoms with Gasteiger partial charge >= 0.3 is 0 Å². The first-order valence-corrected chi connectivity index (χ1v) is 5.17. The van der Waals surface area contributed by atoms with Crippen LogP contribution in [-0.2, 0) is 0 Å². The van der Waals surface area contributed by atoms with Crippen LogP contribution in [0.3, 0.4) is 0 Å². The first kappa shape index (κ1) is 11.4. The van der Waals surface area contributed by atoms with E-state index < -0.39 is 0 Å². The fraction of sp³-hybridized carbons (Fsp3) is 0.231. The van der Waals surface area contributed by atoms with Gasteiger partial charge in [0.2, 0.25) is 0 Å². The number of hydrogen-bond acceptors (Lipinski definition) is 4. The van der Waals surface area contributed by atoms with Gasteiger partial charge in [0.1, 0.15) is 0 Å². The lowest BCUT2D eigenvalue weighted by Gasteiger charge is -2.12. The average molecular weight is 231 g/mol. The molecule has 0 aliphatic carbocycles. The summed E-state index contributed by atoms with van der Waals surface area (Å²) in [6, 6.07) is 3.60. The summed E-state index contributed by atoms with van der Waals surface area (Å²) >= 11 is 0. The van der Waals surface area contributed by atoms with Crippen LogP contribution in [0.1, 0.15) is 15.9 Å². The zero-order valence-corrected chi connectivity index (χ0v) is 9.98. The predicted octanol–water partition coefficient (Wildman–Crippen LogP) is 2.37. The van der Waals surface area contributed by atoms with E-state index in [0.29, 0.717) is 17.1 Å². The van der Waals surface area contributed by atoms with E-state index in [1.165, 1.54) is 0 Å². The molecule has 17 heavy (non-hydrogen) atoms. The fourth-order valence-corrected chi connectivity index (χ4v) is 1.87. The zero-order valence-electron chi connectivity index (χ0n) is 9.98. The lowest BCUT2D eigenvalue weighted by atomic mass is 10.1. The topological polar surface area (TPSA) is 48.4 Å². The van der Waals surface area contributed by atoms with Gasteiger partial charge in [0, 0.05) is 28.8 Å². The maximum absolute atomic E-state index is 10.7. The summed E-state index contributed by atoms with van der Waals surface area (Å²) in [7, 11) is 3.18. The van der Waals surface area contributed by atoms with E-state index in [-0.39, 0.29) is 0 Å². The van der Waals surface area contributed by atoms with E-state index in [2.05, 4.69) is 4.98 Å². The lowest BCUT2D eigenvalue weighted by Crippen LogP contribution is -1.96. The minimum absolute atomic E-state index is 0.549. The van der Waals surface area contributed by atoms with Crippen molar-refractivity contribution in [2.24, 2.45) is 0 Å². The van der Waals surface area contributed by atoms with Crippen LogP contribution in [0.2, 0.25) is 0 Å². The highest BCUT2D eigenvalue weighted by atomic mass is 16.5. The average Bonchev–Trinajstić information content (AvgIpc) is 2.38. The van der Waals surface area contributed by atoms with Crippen molar-refractivity contribution in [3.05, 3.63) is 29.5 Å². The van der Waals surface area contributed by atoms with Crippen molar-refractivity contribution < 1.29 is 14.3 Å². The molecule has 88 valence electrons. The Morgan fingerprint density at radius 2 is 2.00 bits per heavy atom. The third kappa shape index (κ3) is 1.82. The molecule has 0 unspecified atom stereocenters. The molecular formula is C13H13NO3. The molecule has 1 aromatic heterocycles. The van der Waals surface area contributed by atoms with Crippen LogP contribution in [0.25, 0.3) is 10.9 Å². The number of benzene rings is 1. The Bertz CT molecular complexity index is 578. The van der Waals surface area contributed by atoms with Crippen molar-refractivity contribution in [2.45, 2.75) is 6.92 Å². The van der Waals surface area contributed by atoms with E-state index in [0.717, 1.165) is 22.8 Å². The van der Waals surface area contributed by atoms with Crippen molar-refractivity contribution in [2.75, 3.05) is 14.2 Å².